The molecule has 0 aliphatic carbocycles. The van der Waals surface area contributed by atoms with E-state index in [0.717, 1.165) is 22.6 Å². The van der Waals surface area contributed by atoms with Crippen LogP contribution in [0.3, 0.4) is 0 Å². The van der Waals surface area contributed by atoms with Crippen molar-refractivity contribution in [3.63, 3.8) is 0 Å². The number of anilines is 1. The zero-order valence-corrected chi connectivity index (χ0v) is 11.5. The Hall–Kier alpha value is -2.10. The molecular weight excluding hydrogens is 240 g/mol. The van der Waals surface area contributed by atoms with E-state index in [1.54, 1.807) is 11.1 Å². The third-order valence-electron chi connectivity index (χ3n) is 3.78. The molecule has 98 valence electrons. The fourth-order valence-electron chi connectivity index (χ4n) is 2.63. The first-order valence-electron chi connectivity index (χ1n) is 6.27. The number of aromatic nitrogens is 1. The molecule has 0 fully saturated rings. The van der Waals surface area contributed by atoms with E-state index in [4.69, 9.17) is 4.42 Å². The normalized spacial score (nSPS) is 16.8. The molecule has 1 amide bonds. The SMILES string of the molecule is Cc1ncc(-c2ccc3c(c2)N(C)C(=O)C3(C)C)o1. The molecular formula is C15H16N2O2. The van der Waals surface area contributed by atoms with Gasteiger partial charge in [0.1, 0.15) is 0 Å². The number of nitrogens with zero attached hydrogens (tertiary/aromatic N) is 2. The van der Waals surface area contributed by atoms with Gasteiger partial charge in [0.15, 0.2) is 11.7 Å². The summed E-state index contributed by atoms with van der Waals surface area (Å²) < 4.78 is 5.53. The van der Waals surface area contributed by atoms with Crippen molar-refractivity contribution in [2.45, 2.75) is 26.2 Å². The van der Waals surface area contributed by atoms with Crippen molar-refractivity contribution < 1.29 is 9.21 Å². The lowest BCUT2D eigenvalue weighted by molar-refractivity contribution is -0.121. The number of fused-ring (bicyclic) bond motifs is 1. The molecule has 2 aromatic rings. The van der Waals surface area contributed by atoms with Crippen molar-refractivity contribution in [3.05, 3.63) is 35.9 Å². The molecule has 0 saturated heterocycles. The largest absolute Gasteiger partial charge is 0.441 e. The van der Waals surface area contributed by atoms with Crippen LogP contribution >= 0.6 is 0 Å². The van der Waals surface area contributed by atoms with Crippen LogP contribution in [0.5, 0.6) is 0 Å². The summed E-state index contributed by atoms with van der Waals surface area (Å²) in [6, 6.07) is 5.97. The van der Waals surface area contributed by atoms with Gasteiger partial charge in [0.05, 0.1) is 11.6 Å². The van der Waals surface area contributed by atoms with Crippen LogP contribution in [0.4, 0.5) is 5.69 Å². The second-order valence-corrected chi connectivity index (χ2v) is 5.46. The maximum absolute atomic E-state index is 12.2. The molecule has 4 nitrogen and oxygen atoms in total. The van der Waals surface area contributed by atoms with Gasteiger partial charge in [-0.1, -0.05) is 12.1 Å². The molecule has 0 unspecified atom stereocenters. The van der Waals surface area contributed by atoms with Crippen LogP contribution in [0.1, 0.15) is 25.3 Å². The van der Waals surface area contributed by atoms with Crippen LogP contribution in [0, 0.1) is 6.92 Å². The molecule has 0 atom stereocenters. The lowest BCUT2D eigenvalue weighted by atomic mass is 9.86. The number of aryl methyl sites for hydroxylation is 1. The van der Waals surface area contributed by atoms with Crippen LogP contribution in [0.15, 0.2) is 28.8 Å². The number of likely N-dealkylation sites (N-methyl/N-ethyl adjacent to an activating group) is 1. The van der Waals surface area contributed by atoms with E-state index in [-0.39, 0.29) is 5.91 Å². The monoisotopic (exact) mass is 256 g/mol. The molecule has 1 aliphatic rings. The fraction of sp³-hybridized carbons (Fsp3) is 0.333. The summed E-state index contributed by atoms with van der Waals surface area (Å²) in [5.74, 6) is 1.49. The molecule has 0 spiro atoms. The Labute approximate surface area is 112 Å². The van der Waals surface area contributed by atoms with Crippen molar-refractivity contribution in [1.29, 1.82) is 0 Å². The summed E-state index contributed by atoms with van der Waals surface area (Å²) in [4.78, 5) is 18.0. The predicted octanol–water partition coefficient (Wildman–Crippen LogP) is 2.90. The van der Waals surface area contributed by atoms with Gasteiger partial charge in [0.2, 0.25) is 5.91 Å². The summed E-state index contributed by atoms with van der Waals surface area (Å²) in [6.45, 7) is 5.72. The minimum absolute atomic E-state index is 0.119. The average molecular weight is 256 g/mol. The zero-order valence-electron chi connectivity index (χ0n) is 11.5. The summed E-state index contributed by atoms with van der Waals surface area (Å²) in [5.41, 5.74) is 2.48. The summed E-state index contributed by atoms with van der Waals surface area (Å²) in [6.07, 6.45) is 1.71. The average Bonchev–Trinajstić information content (AvgIpc) is 2.88. The van der Waals surface area contributed by atoms with Crippen molar-refractivity contribution in [3.8, 4) is 11.3 Å². The molecule has 4 heteroatoms. The van der Waals surface area contributed by atoms with E-state index in [1.165, 1.54) is 0 Å². The van der Waals surface area contributed by atoms with E-state index in [0.29, 0.717) is 5.89 Å². The quantitative estimate of drug-likeness (QED) is 0.788. The van der Waals surface area contributed by atoms with Crippen LogP contribution < -0.4 is 4.90 Å². The zero-order chi connectivity index (χ0) is 13.8. The van der Waals surface area contributed by atoms with Gasteiger partial charge in [-0.25, -0.2) is 4.98 Å². The van der Waals surface area contributed by atoms with Crippen molar-refractivity contribution in [1.82, 2.24) is 4.98 Å². The highest BCUT2D eigenvalue weighted by Gasteiger charge is 2.42. The Morgan fingerprint density at radius 1 is 1.32 bits per heavy atom. The first kappa shape index (κ1) is 12.0. The minimum atomic E-state index is -0.458. The number of carbonyl (C=O) groups is 1. The molecule has 19 heavy (non-hydrogen) atoms. The number of benzene rings is 1. The molecule has 0 saturated carbocycles. The highest BCUT2D eigenvalue weighted by molar-refractivity contribution is 6.07. The van der Waals surface area contributed by atoms with E-state index in [1.807, 2.05) is 46.0 Å². The third-order valence-corrected chi connectivity index (χ3v) is 3.78. The molecule has 3 rings (SSSR count). The van der Waals surface area contributed by atoms with Gasteiger partial charge >= 0.3 is 0 Å². The van der Waals surface area contributed by atoms with Gasteiger partial charge < -0.3 is 9.32 Å². The van der Waals surface area contributed by atoms with Gasteiger partial charge in [0.25, 0.3) is 0 Å². The molecule has 0 radical (unpaired) electrons. The number of amides is 1. The van der Waals surface area contributed by atoms with Gasteiger partial charge in [-0.2, -0.15) is 0 Å². The highest BCUT2D eigenvalue weighted by atomic mass is 16.4. The highest BCUT2D eigenvalue weighted by Crippen LogP contribution is 2.42. The van der Waals surface area contributed by atoms with Gasteiger partial charge in [0, 0.05) is 25.2 Å². The Kier molecular flexibility index (Phi) is 2.33. The predicted molar refractivity (Wildman–Crippen MR) is 73.1 cm³/mol. The summed E-state index contributed by atoms with van der Waals surface area (Å²) in [7, 11) is 1.81. The number of oxazole rings is 1. The maximum Gasteiger partial charge on any atom is 0.236 e. The fourth-order valence-corrected chi connectivity index (χ4v) is 2.63. The van der Waals surface area contributed by atoms with Crippen molar-refractivity contribution >= 4 is 11.6 Å². The Bertz CT molecular complexity index is 671. The van der Waals surface area contributed by atoms with E-state index >= 15 is 0 Å². The Morgan fingerprint density at radius 3 is 2.68 bits per heavy atom. The molecule has 2 heterocycles. The summed E-state index contributed by atoms with van der Waals surface area (Å²) >= 11 is 0. The van der Waals surface area contributed by atoms with Crippen LogP contribution in [-0.4, -0.2) is 17.9 Å². The first-order chi connectivity index (χ1) is 8.91. The van der Waals surface area contributed by atoms with E-state index < -0.39 is 5.41 Å². The lowest BCUT2D eigenvalue weighted by Gasteiger charge is -2.16. The second-order valence-electron chi connectivity index (χ2n) is 5.46. The van der Waals surface area contributed by atoms with Gasteiger partial charge in [-0.3, -0.25) is 4.79 Å². The van der Waals surface area contributed by atoms with Crippen molar-refractivity contribution in [2.24, 2.45) is 0 Å². The van der Waals surface area contributed by atoms with Crippen LogP contribution in [0.2, 0.25) is 0 Å². The van der Waals surface area contributed by atoms with E-state index in [2.05, 4.69) is 4.98 Å². The lowest BCUT2D eigenvalue weighted by Crippen LogP contribution is -2.33. The molecule has 0 bridgehead atoms. The second kappa shape index (κ2) is 3.70. The number of carbonyl (C=O) groups excluding carboxylic acids is 1. The third kappa shape index (κ3) is 1.59. The van der Waals surface area contributed by atoms with Gasteiger partial charge in [-0.15, -0.1) is 0 Å². The molecule has 1 aromatic heterocycles. The smallest absolute Gasteiger partial charge is 0.236 e. The maximum atomic E-state index is 12.2. The van der Waals surface area contributed by atoms with Crippen LogP contribution in [0.25, 0.3) is 11.3 Å². The van der Waals surface area contributed by atoms with Gasteiger partial charge in [-0.05, 0) is 25.5 Å². The first-order valence-corrected chi connectivity index (χ1v) is 6.27. The van der Waals surface area contributed by atoms with Crippen molar-refractivity contribution in [2.75, 3.05) is 11.9 Å². The van der Waals surface area contributed by atoms with E-state index in [9.17, 15) is 4.79 Å². The Balaban J connectivity index is 2.14. The number of rotatable bonds is 1. The van der Waals surface area contributed by atoms with Crippen LogP contribution in [-0.2, 0) is 10.2 Å². The molecule has 1 aromatic carbocycles. The molecule has 0 N–H and O–H groups in total. The minimum Gasteiger partial charge on any atom is -0.441 e. The Morgan fingerprint density at radius 2 is 2.05 bits per heavy atom. The summed E-state index contributed by atoms with van der Waals surface area (Å²) in [5, 5.41) is 0. The number of hydrogen-bond acceptors (Lipinski definition) is 3. The topological polar surface area (TPSA) is 46.3 Å². The molecule has 1 aliphatic heterocycles. The number of hydrogen-bond donors (Lipinski definition) is 0. The standard InChI is InChI=1S/C15H16N2O2/c1-9-16-8-13(19-9)10-5-6-11-12(7-10)17(4)14(18)15(11,2)3/h5-8H,1-4H3.